The third kappa shape index (κ3) is 5.21. The smallest absolute Gasteiger partial charge is 0.407 e. The van der Waals surface area contributed by atoms with Gasteiger partial charge in [-0.1, -0.05) is 13.8 Å². The number of ketones is 1. The van der Waals surface area contributed by atoms with Crippen molar-refractivity contribution >= 4 is 11.9 Å². The number of rotatable bonds is 8. The van der Waals surface area contributed by atoms with Crippen LogP contribution in [-0.4, -0.2) is 60.3 Å². The minimum atomic E-state index is -0.314. The van der Waals surface area contributed by atoms with E-state index in [2.05, 4.69) is 24.1 Å². The van der Waals surface area contributed by atoms with Crippen molar-refractivity contribution < 1.29 is 24.2 Å². The van der Waals surface area contributed by atoms with Gasteiger partial charge in [0.05, 0.1) is 18.7 Å². The van der Waals surface area contributed by atoms with Crippen molar-refractivity contribution in [3.63, 3.8) is 0 Å². The molecule has 2 fully saturated rings. The SMILES string of the molecule is CC(=O)c1ccc(OCCCN2CCC3(CC2)CNC(=O)O3)c(CC(C)C)c1O. The standard InChI is InChI=1S/C22H32N2O5/c1-15(2)13-18-19(6-5-17(16(3)25)20(18)26)28-12-4-9-24-10-7-22(8-11-24)14-23-21(27)29-22/h5-6,15,26H,4,7-14H2,1-3H3,(H,23,27). The fourth-order valence-corrected chi connectivity index (χ4v) is 4.08. The first-order chi connectivity index (χ1) is 13.8. The summed E-state index contributed by atoms with van der Waals surface area (Å²) in [4.78, 5) is 25.4. The molecule has 160 valence electrons. The number of hydrogen-bond donors (Lipinski definition) is 2. The maximum absolute atomic E-state index is 11.7. The number of Topliss-reactive ketones (excluding diaryl/α,β-unsaturated/α-hetero) is 1. The monoisotopic (exact) mass is 404 g/mol. The molecule has 1 amide bonds. The maximum Gasteiger partial charge on any atom is 0.407 e. The molecule has 1 aromatic carbocycles. The summed E-state index contributed by atoms with van der Waals surface area (Å²) in [6, 6.07) is 3.43. The number of alkyl carbamates (subject to hydrolysis) is 1. The molecule has 0 aliphatic carbocycles. The summed E-state index contributed by atoms with van der Waals surface area (Å²) in [7, 11) is 0. The number of phenolic OH excluding ortho intramolecular Hbond substituents is 1. The molecule has 7 nitrogen and oxygen atoms in total. The molecule has 0 saturated carbocycles. The zero-order chi connectivity index (χ0) is 21.0. The Balaban J connectivity index is 1.50. The molecule has 1 aromatic rings. The van der Waals surface area contributed by atoms with Gasteiger partial charge in [0.25, 0.3) is 0 Å². The van der Waals surface area contributed by atoms with Crippen LogP contribution in [0.15, 0.2) is 12.1 Å². The quantitative estimate of drug-likeness (QED) is 0.511. The third-order valence-electron chi connectivity index (χ3n) is 5.74. The van der Waals surface area contributed by atoms with Crippen molar-refractivity contribution in [3.05, 3.63) is 23.3 Å². The van der Waals surface area contributed by atoms with Gasteiger partial charge in [0.1, 0.15) is 17.1 Å². The van der Waals surface area contributed by atoms with E-state index in [-0.39, 0.29) is 23.2 Å². The Kier molecular flexibility index (Phi) is 6.67. The molecule has 0 bridgehead atoms. The van der Waals surface area contributed by atoms with Gasteiger partial charge in [-0.05, 0) is 37.8 Å². The molecule has 0 unspecified atom stereocenters. The molecule has 2 heterocycles. The van der Waals surface area contributed by atoms with Crippen LogP contribution in [0, 0.1) is 5.92 Å². The van der Waals surface area contributed by atoms with E-state index in [9.17, 15) is 14.7 Å². The highest BCUT2D eigenvalue weighted by atomic mass is 16.6. The second-order valence-corrected chi connectivity index (χ2v) is 8.56. The van der Waals surface area contributed by atoms with Crippen LogP contribution in [0.5, 0.6) is 11.5 Å². The molecule has 2 N–H and O–H groups in total. The average Bonchev–Trinajstić information content (AvgIpc) is 3.02. The number of piperidine rings is 1. The summed E-state index contributed by atoms with van der Waals surface area (Å²) < 4.78 is 11.4. The first-order valence-electron chi connectivity index (χ1n) is 10.5. The van der Waals surface area contributed by atoms with Crippen LogP contribution in [0.3, 0.4) is 0 Å². The van der Waals surface area contributed by atoms with Gasteiger partial charge in [-0.15, -0.1) is 0 Å². The van der Waals surface area contributed by atoms with Crippen LogP contribution in [0.1, 0.15) is 56.0 Å². The number of nitrogens with zero attached hydrogens (tertiary/aromatic N) is 1. The van der Waals surface area contributed by atoms with Gasteiger partial charge in [0.2, 0.25) is 0 Å². The van der Waals surface area contributed by atoms with Crippen molar-refractivity contribution in [2.45, 2.75) is 52.1 Å². The summed E-state index contributed by atoms with van der Waals surface area (Å²) >= 11 is 0. The van der Waals surface area contributed by atoms with Crippen LogP contribution in [0.25, 0.3) is 0 Å². The number of carbonyl (C=O) groups excluding carboxylic acids is 2. The molecule has 7 heteroatoms. The molecule has 29 heavy (non-hydrogen) atoms. The lowest BCUT2D eigenvalue weighted by Gasteiger charge is -2.37. The number of nitrogens with one attached hydrogen (secondary N) is 1. The summed E-state index contributed by atoms with van der Waals surface area (Å²) in [5, 5.41) is 13.3. The number of benzene rings is 1. The van der Waals surface area contributed by atoms with E-state index in [0.717, 1.165) is 38.9 Å². The van der Waals surface area contributed by atoms with E-state index >= 15 is 0 Å². The van der Waals surface area contributed by atoms with Crippen molar-refractivity contribution in [1.82, 2.24) is 10.2 Å². The Morgan fingerprint density at radius 2 is 2.07 bits per heavy atom. The summed E-state index contributed by atoms with van der Waals surface area (Å²) in [5.41, 5.74) is 0.742. The Morgan fingerprint density at radius 1 is 1.34 bits per heavy atom. The summed E-state index contributed by atoms with van der Waals surface area (Å²) in [6.07, 6.45) is 2.92. The zero-order valence-corrected chi connectivity index (χ0v) is 17.6. The molecule has 1 spiro atoms. The Morgan fingerprint density at radius 3 is 2.66 bits per heavy atom. The minimum Gasteiger partial charge on any atom is -0.507 e. The van der Waals surface area contributed by atoms with Crippen LogP contribution < -0.4 is 10.1 Å². The van der Waals surface area contributed by atoms with E-state index < -0.39 is 0 Å². The lowest BCUT2D eigenvalue weighted by Crippen LogP contribution is -2.46. The van der Waals surface area contributed by atoms with E-state index in [0.29, 0.717) is 42.4 Å². The minimum absolute atomic E-state index is 0.0461. The van der Waals surface area contributed by atoms with Gasteiger partial charge >= 0.3 is 6.09 Å². The van der Waals surface area contributed by atoms with Gasteiger partial charge in [-0.25, -0.2) is 4.79 Å². The van der Waals surface area contributed by atoms with E-state index in [1.807, 2.05) is 0 Å². The van der Waals surface area contributed by atoms with Crippen molar-refractivity contribution in [3.8, 4) is 11.5 Å². The first-order valence-corrected chi connectivity index (χ1v) is 10.5. The third-order valence-corrected chi connectivity index (χ3v) is 5.74. The molecular formula is C22H32N2O5. The van der Waals surface area contributed by atoms with Gasteiger partial charge in [0, 0.05) is 38.0 Å². The fourth-order valence-electron chi connectivity index (χ4n) is 4.08. The highest BCUT2D eigenvalue weighted by Gasteiger charge is 2.42. The predicted molar refractivity (Wildman–Crippen MR) is 110 cm³/mol. The van der Waals surface area contributed by atoms with Crippen LogP contribution in [-0.2, 0) is 11.2 Å². The number of carbonyl (C=O) groups is 2. The molecule has 2 saturated heterocycles. The van der Waals surface area contributed by atoms with Crippen molar-refractivity contribution in [1.29, 1.82) is 0 Å². The zero-order valence-electron chi connectivity index (χ0n) is 17.6. The predicted octanol–water partition coefficient (Wildman–Crippen LogP) is 3.14. The van der Waals surface area contributed by atoms with Crippen LogP contribution in [0.4, 0.5) is 4.79 Å². The van der Waals surface area contributed by atoms with Crippen molar-refractivity contribution in [2.75, 3.05) is 32.8 Å². The number of ether oxygens (including phenoxy) is 2. The number of amides is 1. The van der Waals surface area contributed by atoms with E-state index in [4.69, 9.17) is 9.47 Å². The second kappa shape index (κ2) is 9.03. The lowest BCUT2D eigenvalue weighted by atomic mass is 9.91. The summed E-state index contributed by atoms with van der Waals surface area (Å²) in [5.74, 6) is 0.892. The highest BCUT2D eigenvalue weighted by molar-refractivity contribution is 5.97. The van der Waals surface area contributed by atoms with Crippen LogP contribution >= 0.6 is 0 Å². The van der Waals surface area contributed by atoms with Gasteiger partial charge in [-0.3, -0.25) is 4.79 Å². The normalized spacial score (nSPS) is 18.7. The molecule has 3 rings (SSSR count). The molecular weight excluding hydrogens is 372 g/mol. The van der Waals surface area contributed by atoms with Crippen molar-refractivity contribution in [2.24, 2.45) is 5.92 Å². The average molecular weight is 405 g/mol. The maximum atomic E-state index is 11.7. The van der Waals surface area contributed by atoms with Gasteiger partial charge < -0.3 is 24.8 Å². The molecule has 0 radical (unpaired) electrons. The number of likely N-dealkylation sites (tertiary alicyclic amines) is 1. The number of aromatic hydroxyl groups is 1. The molecule has 2 aliphatic rings. The van der Waals surface area contributed by atoms with Crippen LogP contribution in [0.2, 0.25) is 0 Å². The number of phenols is 1. The molecule has 0 aromatic heterocycles. The largest absolute Gasteiger partial charge is 0.507 e. The van der Waals surface area contributed by atoms with Gasteiger partial charge in [-0.2, -0.15) is 0 Å². The summed E-state index contributed by atoms with van der Waals surface area (Å²) in [6.45, 7) is 9.48. The Bertz CT molecular complexity index is 754. The molecule has 2 aliphatic heterocycles. The number of hydrogen-bond acceptors (Lipinski definition) is 6. The lowest BCUT2D eigenvalue weighted by molar-refractivity contribution is 0.000136. The first kappa shape index (κ1) is 21.4. The topological polar surface area (TPSA) is 88.1 Å². The fraction of sp³-hybridized carbons (Fsp3) is 0.636. The van der Waals surface area contributed by atoms with Gasteiger partial charge in [0.15, 0.2) is 5.78 Å². The van der Waals surface area contributed by atoms with E-state index in [1.165, 1.54) is 6.92 Å². The van der Waals surface area contributed by atoms with E-state index in [1.54, 1.807) is 12.1 Å². The Hall–Kier alpha value is -2.28. The molecule has 0 atom stereocenters. The second-order valence-electron chi connectivity index (χ2n) is 8.56. The Labute approximate surface area is 172 Å². The highest BCUT2D eigenvalue weighted by Crippen LogP contribution is 2.34.